The Balaban J connectivity index is 1.66. The number of hydrogen-bond acceptors (Lipinski definition) is 2. The molecule has 2 aliphatic rings. The molecule has 2 atom stereocenters. The fourth-order valence-electron chi connectivity index (χ4n) is 3.30. The van der Waals surface area contributed by atoms with Gasteiger partial charge in [0.2, 0.25) is 0 Å². The fraction of sp³-hybridized carbons (Fsp3) is 0.467. The molecule has 2 nitrogen and oxygen atoms in total. The van der Waals surface area contributed by atoms with E-state index in [2.05, 4.69) is 16.2 Å². The Bertz CT molecular complexity index is 493. The van der Waals surface area contributed by atoms with Crippen LogP contribution >= 0.6 is 0 Å². The van der Waals surface area contributed by atoms with Gasteiger partial charge in [-0.3, -0.25) is 0 Å². The molecule has 1 aromatic rings. The fourth-order valence-corrected chi connectivity index (χ4v) is 3.30. The molecule has 20 heavy (non-hydrogen) atoms. The Morgan fingerprint density at radius 3 is 2.10 bits per heavy atom. The molecule has 1 saturated heterocycles. The number of anilines is 1. The van der Waals surface area contributed by atoms with E-state index in [1.54, 1.807) is 12.1 Å². The Morgan fingerprint density at radius 1 is 1.05 bits per heavy atom. The summed E-state index contributed by atoms with van der Waals surface area (Å²) in [7, 11) is 0. The van der Waals surface area contributed by atoms with E-state index in [4.69, 9.17) is 0 Å². The predicted molar refractivity (Wildman–Crippen MR) is 70.7 cm³/mol. The first-order valence-corrected chi connectivity index (χ1v) is 6.68. The van der Waals surface area contributed by atoms with E-state index in [0.29, 0.717) is 11.8 Å². The van der Waals surface area contributed by atoms with Gasteiger partial charge in [0, 0.05) is 18.8 Å². The zero-order valence-corrected chi connectivity index (χ0v) is 11.0. The number of nitrogens with zero attached hydrogens (tertiary/aromatic N) is 1. The Morgan fingerprint density at radius 2 is 1.60 bits per heavy atom. The second-order valence-electron chi connectivity index (χ2n) is 5.63. The van der Waals surface area contributed by atoms with Gasteiger partial charge >= 0.3 is 6.36 Å². The normalized spacial score (nSPS) is 25.9. The minimum absolute atomic E-state index is 0.172. The summed E-state index contributed by atoms with van der Waals surface area (Å²) in [5, 5.41) is 0. The van der Waals surface area contributed by atoms with Gasteiger partial charge < -0.3 is 9.64 Å². The first-order valence-electron chi connectivity index (χ1n) is 6.68. The van der Waals surface area contributed by atoms with Crippen LogP contribution < -0.4 is 9.64 Å². The Hall–Kier alpha value is -1.65. The molecule has 5 heteroatoms. The number of allylic oxidation sites excluding steroid dienone is 1. The van der Waals surface area contributed by atoms with Crippen molar-refractivity contribution in [3.05, 3.63) is 36.4 Å². The van der Waals surface area contributed by atoms with Gasteiger partial charge in [0.15, 0.2) is 0 Å². The monoisotopic (exact) mass is 283 g/mol. The zero-order chi connectivity index (χ0) is 14.3. The van der Waals surface area contributed by atoms with Crippen molar-refractivity contribution in [1.29, 1.82) is 0 Å². The third kappa shape index (κ3) is 2.76. The standard InChI is InChI=1S/C15H16F3NO/c1-10-6-11-8-19(9-12(11)7-10)13-2-4-14(5-3-13)20-15(16,17)18/h2-5,11-12H,1,6-9H2. The lowest BCUT2D eigenvalue weighted by molar-refractivity contribution is -0.274. The summed E-state index contributed by atoms with van der Waals surface area (Å²) < 4.78 is 40.2. The average molecular weight is 283 g/mol. The highest BCUT2D eigenvalue weighted by molar-refractivity contribution is 5.50. The lowest BCUT2D eigenvalue weighted by Gasteiger charge is -2.20. The van der Waals surface area contributed by atoms with Crippen LogP contribution in [0.4, 0.5) is 18.9 Å². The topological polar surface area (TPSA) is 12.5 Å². The van der Waals surface area contributed by atoms with Crippen molar-refractivity contribution in [3.63, 3.8) is 0 Å². The molecule has 0 amide bonds. The molecule has 2 fully saturated rings. The Labute approximate surface area is 115 Å². The predicted octanol–water partition coefficient (Wildman–Crippen LogP) is 3.99. The largest absolute Gasteiger partial charge is 0.573 e. The number of benzene rings is 1. The van der Waals surface area contributed by atoms with Crippen LogP contribution in [-0.2, 0) is 0 Å². The van der Waals surface area contributed by atoms with Crippen LogP contribution in [-0.4, -0.2) is 19.5 Å². The highest BCUT2D eigenvalue weighted by Crippen LogP contribution is 2.42. The highest BCUT2D eigenvalue weighted by Gasteiger charge is 2.37. The molecule has 3 rings (SSSR count). The van der Waals surface area contributed by atoms with Crippen LogP contribution in [0.15, 0.2) is 36.4 Å². The molecule has 1 heterocycles. The van der Waals surface area contributed by atoms with Crippen LogP contribution in [0.5, 0.6) is 5.75 Å². The van der Waals surface area contributed by atoms with Gasteiger partial charge in [-0.15, -0.1) is 13.2 Å². The van der Waals surface area contributed by atoms with Crippen molar-refractivity contribution >= 4 is 5.69 Å². The third-order valence-electron chi connectivity index (χ3n) is 4.11. The SMILES string of the molecule is C=C1CC2CN(c3ccc(OC(F)(F)F)cc3)CC2C1. The molecule has 0 N–H and O–H groups in total. The van der Waals surface area contributed by atoms with Crippen LogP contribution in [0.1, 0.15) is 12.8 Å². The van der Waals surface area contributed by atoms with Crippen molar-refractivity contribution in [1.82, 2.24) is 0 Å². The first-order chi connectivity index (χ1) is 9.40. The molecule has 0 bridgehead atoms. The van der Waals surface area contributed by atoms with Crippen LogP contribution in [0.25, 0.3) is 0 Å². The first kappa shape index (κ1) is 13.3. The van der Waals surface area contributed by atoms with Crippen molar-refractivity contribution in [2.24, 2.45) is 11.8 Å². The summed E-state index contributed by atoms with van der Waals surface area (Å²) in [6, 6.07) is 6.12. The quantitative estimate of drug-likeness (QED) is 0.761. The molecule has 108 valence electrons. The molecule has 1 aromatic carbocycles. The molecule has 0 radical (unpaired) electrons. The van der Waals surface area contributed by atoms with Gasteiger partial charge in [-0.1, -0.05) is 12.2 Å². The van der Waals surface area contributed by atoms with Crippen LogP contribution in [0, 0.1) is 11.8 Å². The van der Waals surface area contributed by atoms with E-state index in [0.717, 1.165) is 31.6 Å². The highest BCUT2D eigenvalue weighted by atomic mass is 19.4. The summed E-state index contributed by atoms with van der Waals surface area (Å²) in [6.07, 6.45) is -2.47. The number of ether oxygens (including phenoxy) is 1. The summed E-state index contributed by atoms with van der Waals surface area (Å²) in [5.41, 5.74) is 2.29. The van der Waals surface area contributed by atoms with Gasteiger partial charge in [0.25, 0.3) is 0 Å². The average Bonchev–Trinajstić information content (AvgIpc) is 2.84. The van der Waals surface area contributed by atoms with Crippen LogP contribution in [0.3, 0.4) is 0 Å². The summed E-state index contributed by atoms with van der Waals surface area (Å²) in [5.74, 6) is 1.12. The van der Waals surface area contributed by atoms with Crippen LogP contribution in [0.2, 0.25) is 0 Å². The number of hydrogen-bond donors (Lipinski definition) is 0. The van der Waals surface area contributed by atoms with E-state index in [9.17, 15) is 13.2 Å². The molecule has 1 aliphatic carbocycles. The lowest BCUT2D eigenvalue weighted by Crippen LogP contribution is -2.21. The molecule has 0 spiro atoms. The molecule has 1 saturated carbocycles. The number of rotatable bonds is 2. The van der Waals surface area contributed by atoms with Crippen molar-refractivity contribution in [2.45, 2.75) is 19.2 Å². The number of fused-ring (bicyclic) bond motifs is 1. The maximum absolute atomic E-state index is 12.1. The van der Waals surface area contributed by atoms with E-state index in [1.165, 1.54) is 17.7 Å². The Kier molecular flexibility index (Phi) is 3.15. The van der Waals surface area contributed by atoms with Gasteiger partial charge in [-0.05, 0) is 48.9 Å². The molecular formula is C15H16F3NO. The number of halogens is 3. The molecular weight excluding hydrogens is 267 g/mol. The third-order valence-corrected chi connectivity index (χ3v) is 4.11. The molecule has 0 aromatic heterocycles. The van der Waals surface area contributed by atoms with Gasteiger partial charge in [-0.2, -0.15) is 0 Å². The van der Waals surface area contributed by atoms with Crippen molar-refractivity contribution < 1.29 is 17.9 Å². The molecule has 1 aliphatic heterocycles. The smallest absolute Gasteiger partial charge is 0.406 e. The minimum Gasteiger partial charge on any atom is -0.406 e. The van der Waals surface area contributed by atoms with Crippen molar-refractivity contribution in [3.8, 4) is 5.75 Å². The van der Waals surface area contributed by atoms with Crippen molar-refractivity contribution in [2.75, 3.05) is 18.0 Å². The van der Waals surface area contributed by atoms with E-state index >= 15 is 0 Å². The van der Waals surface area contributed by atoms with E-state index < -0.39 is 6.36 Å². The summed E-state index contributed by atoms with van der Waals surface area (Å²) in [4.78, 5) is 2.24. The maximum atomic E-state index is 12.1. The molecule has 2 unspecified atom stereocenters. The van der Waals surface area contributed by atoms with Gasteiger partial charge in [-0.25, -0.2) is 0 Å². The second kappa shape index (κ2) is 4.72. The zero-order valence-electron chi connectivity index (χ0n) is 11.0. The number of alkyl halides is 3. The maximum Gasteiger partial charge on any atom is 0.573 e. The van der Waals surface area contributed by atoms with E-state index in [1.807, 2.05) is 0 Å². The van der Waals surface area contributed by atoms with E-state index in [-0.39, 0.29) is 5.75 Å². The summed E-state index contributed by atoms with van der Waals surface area (Å²) >= 11 is 0. The lowest BCUT2D eigenvalue weighted by atomic mass is 10.0. The summed E-state index contributed by atoms with van der Waals surface area (Å²) in [6.45, 7) is 5.96. The van der Waals surface area contributed by atoms with Gasteiger partial charge in [0.1, 0.15) is 5.75 Å². The minimum atomic E-state index is -4.63. The van der Waals surface area contributed by atoms with Gasteiger partial charge in [0.05, 0.1) is 0 Å². The second-order valence-corrected chi connectivity index (χ2v) is 5.63.